The van der Waals surface area contributed by atoms with Crippen molar-refractivity contribution in [3.05, 3.63) is 82.0 Å². The normalized spacial score (nSPS) is 10.6. The smallest absolute Gasteiger partial charge is 0.224 e. The molecule has 3 rings (SSSR count). The largest absolute Gasteiger partial charge is 0.366 e. The van der Waals surface area contributed by atoms with Gasteiger partial charge in [-0.3, -0.25) is 0 Å². The number of aromatic nitrogens is 2. The Morgan fingerprint density at radius 1 is 0.885 bits per heavy atom. The SMILES string of the molecule is Cc1cccc(CNc2cc(C)nc(NCCc3cccc(Cl)c3)n2)c1. The highest BCUT2D eigenvalue weighted by Crippen LogP contribution is 2.14. The molecular weight excluding hydrogens is 344 g/mol. The molecular formula is C21H23ClN4. The fourth-order valence-electron chi connectivity index (χ4n) is 2.76. The lowest BCUT2D eigenvalue weighted by Crippen LogP contribution is -2.10. The van der Waals surface area contributed by atoms with Gasteiger partial charge >= 0.3 is 0 Å². The second kappa shape index (κ2) is 8.68. The third-order valence-electron chi connectivity index (χ3n) is 4.00. The molecule has 2 aromatic carbocycles. The van der Waals surface area contributed by atoms with Crippen LogP contribution in [0.25, 0.3) is 0 Å². The third-order valence-corrected chi connectivity index (χ3v) is 4.23. The first-order valence-corrected chi connectivity index (χ1v) is 9.10. The van der Waals surface area contributed by atoms with E-state index < -0.39 is 0 Å². The minimum atomic E-state index is 0.638. The minimum Gasteiger partial charge on any atom is -0.366 e. The Balaban J connectivity index is 1.58. The molecule has 0 aliphatic heterocycles. The highest BCUT2D eigenvalue weighted by Gasteiger charge is 2.03. The second-order valence-corrected chi connectivity index (χ2v) is 6.80. The molecule has 1 heterocycles. The van der Waals surface area contributed by atoms with Gasteiger partial charge in [-0.15, -0.1) is 0 Å². The van der Waals surface area contributed by atoms with Crippen molar-refractivity contribution in [3.8, 4) is 0 Å². The number of anilines is 2. The van der Waals surface area contributed by atoms with Crippen LogP contribution in [0, 0.1) is 13.8 Å². The average molecular weight is 367 g/mol. The van der Waals surface area contributed by atoms with Crippen LogP contribution in [0.2, 0.25) is 5.02 Å². The molecule has 0 saturated carbocycles. The molecule has 0 fully saturated rings. The van der Waals surface area contributed by atoms with Crippen LogP contribution in [0.3, 0.4) is 0 Å². The summed E-state index contributed by atoms with van der Waals surface area (Å²) in [5.41, 5.74) is 4.61. The Kier molecular flexibility index (Phi) is 6.08. The number of benzene rings is 2. The number of hydrogen-bond acceptors (Lipinski definition) is 4. The Morgan fingerprint density at radius 3 is 2.50 bits per heavy atom. The molecule has 0 amide bonds. The van der Waals surface area contributed by atoms with Gasteiger partial charge in [-0.1, -0.05) is 53.6 Å². The van der Waals surface area contributed by atoms with E-state index in [-0.39, 0.29) is 0 Å². The molecule has 0 aliphatic carbocycles. The molecule has 3 aromatic rings. The lowest BCUT2D eigenvalue weighted by Gasteiger charge is -2.10. The zero-order valence-corrected chi connectivity index (χ0v) is 15.8. The number of aryl methyl sites for hydroxylation is 2. The molecule has 0 saturated heterocycles. The average Bonchev–Trinajstić information content (AvgIpc) is 2.60. The third kappa shape index (κ3) is 5.46. The molecule has 0 radical (unpaired) electrons. The summed E-state index contributed by atoms with van der Waals surface area (Å²) in [7, 11) is 0. The first-order chi connectivity index (χ1) is 12.6. The molecule has 1 aromatic heterocycles. The molecule has 2 N–H and O–H groups in total. The van der Waals surface area contributed by atoms with Crippen LogP contribution in [-0.2, 0) is 13.0 Å². The van der Waals surface area contributed by atoms with Gasteiger partial charge in [0.05, 0.1) is 0 Å². The van der Waals surface area contributed by atoms with Gasteiger partial charge in [0.15, 0.2) is 0 Å². The van der Waals surface area contributed by atoms with E-state index in [1.54, 1.807) is 0 Å². The number of nitrogens with zero attached hydrogens (tertiary/aromatic N) is 2. The molecule has 4 nitrogen and oxygen atoms in total. The van der Waals surface area contributed by atoms with Gasteiger partial charge < -0.3 is 10.6 Å². The van der Waals surface area contributed by atoms with Crippen molar-refractivity contribution in [1.29, 1.82) is 0 Å². The van der Waals surface area contributed by atoms with E-state index in [0.29, 0.717) is 5.95 Å². The van der Waals surface area contributed by atoms with E-state index in [1.807, 2.05) is 31.2 Å². The van der Waals surface area contributed by atoms with E-state index >= 15 is 0 Å². The van der Waals surface area contributed by atoms with Gasteiger partial charge in [-0.25, -0.2) is 4.98 Å². The maximum Gasteiger partial charge on any atom is 0.224 e. The lowest BCUT2D eigenvalue weighted by atomic mass is 10.1. The molecule has 0 spiro atoms. The predicted octanol–water partition coefficient (Wildman–Crippen LogP) is 5.01. The number of rotatable bonds is 7. The molecule has 0 atom stereocenters. The zero-order chi connectivity index (χ0) is 18.4. The van der Waals surface area contributed by atoms with Crippen molar-refractivity contribution < 1.29 is 0 Å². The monoisotopic (exact) mass is 366 g/mol. The quantitative estimate of drug-likeness (QED) is 0.616. The topological polar surface area (TPSA) is 49.8 Å². The molecule has 0 unspecified atom stereocenters. The van der Waals surface area contributed by atoms with Gasteiger partial charge in [-0.2, -0.15) is 4.98 Å². The van der Waals surface area contributed by atoms with Crippen LogP contribution in [0.15, 0.2) is 54.6 Å². The van der Waals surface area contributed by atoms with E-state index in [1.165, 1.54) is 16.7 Å². The second-order valence-electron chi connectivity index (χ2n) is 6.37. The van der Waals surface area contributed by atoms with Crippen LogP contribution in [0.4, 0.5) is 11.8 Å². The highest BCUT2D eigenvalue weighted by atomic mass is 35.5. The van der Waals surface area contributed by atoms with Crippen LogP contribution < -0.4 is 10.6 Å². The number of nitrogens with one attached hydrogen (secondary N) is 2. The van der Waals surface area contributed by atoms with E-state index in [4.69, 9.17) is 11.6 Å². The fraction of sp³-hybridized carbons (Fsp3) is 0.238. The van der Waals surface area contributed by atoms with E-state index in [0.717, 1.165) is 36.0 Å². The van der Waals surface area contributed by atoms with Crippen LogP contribution in [-0.4, -0.2) is 16.5 Å². The van der Waals surface area contributed by atoms with Crippen molar-refractivity contribution in [1.82, 2.24) is 9.97 Å². The standard InChI is InChI=1S/C21H23ClN4/c1-15-5-3-7-18(11-15)14-24-20-12-16(2)25-21(26-20)23-10-9-17-6-4-8-19(22)13-17/h3-8,11-13H,9-10,14H2,1-2H3,(H2,23,24,25,26). The first-order valence-electron chi connectivity index (χ1n) is 8.72. The summed E-state index contributed by atoms with van der Waals surface area (Å²) in [5, 5.41) is 7.43. The van der Waals surface area contributed by atoms with Crippen molar-refractivity contribution in [3.63, 3.8) is 0 Å². The van der Waals surface area contributed by atoms with E-state index in [2.05, 4.69) is 57.9 Å². The number of halogens is 1. The maximum absolute atomic E-state index is 6.02. The van der Waals surface area contributed by atoms with Crippen LogP contribution in [0.5, 0.6) is 0 Å². The van der Waals surface area contributed by atoms with E-state index in [9.17, 15) is 0 Å². The Bertz CT molecular complexity index is 879. The van der Waals surface area contributed by atoms with Gasteiger partial charge in [0, 0.05) is 29.9 Å². The first kappa shape index (κ1) is 18.2. The Labute approximate surface area is 159 Å². The lowest BCUT2D eigenvalue weighted by molar-refractivity contribution is 0.969. The van der Waals surface area contributed by atoms with Gasteiger partial charge in [0.25, 0.3) is 0 Å². The van der Waals surface area contributed by atoms with Crippen LogP contribution >= 0.6 is 11.6 Å². The number of hydrogen-bond donors (Lipinski definition) is 2. The minimum absolute atomic E-state index is 0.638. The highest BCUT2D eigenvalue weighted by molar-refractivity contribution is 6.30. The summed E-state index contributed by atoms with van der Waals surface area (Å²) in [5.74, 6) is 1.46. The van der Waals surface area contributed by atoms with Crippen molar-refractivity contribution in [2.75, 3.05) is 17.2 Å². The summed E-state index contributed by atoms with van der Waals surface area (Å²) >= 11 is 6.02. The fourth-order valence-corrected chi connectivity index (χ4v) is 2.98. The summed E-state index contributed by atoms with van der Waals surface area (Å²) in [6.45, 7) is 5.56. The summed E-state index contributed by atoms with van der Waals surface area (Å²) in [4.78, 5) is 9.02. The summed E-state index contributed by atoms with van der Waals surface area (Å²) in [6, 6.07) is 18.3. The van der Waals surface area contributed by atoms with Crippen molar-refractivity contribution >= 4 is 23.4 Å². The van der Waals surface area contributed by atoms with Crippen molar-refractivity contribution in [2.45, 2.75) is 26.8 Å². The molecule has 26 heavy (non-hydrogen) atoms. The Hall–Kier alpha value is -2.59. The zero-order valence-electron chi connectivity index (χ0n) is 15.1. The van der Waals surface area contributed by atoms with Crippen molar-refractivity contribution in [2.24, 2.45) is 0 Å². The summed E-state index contributed by atoms with van der Waals surface area (Å²) in [6.07, 6.45) is 0.865. The maximum atomic E-state index is 6.02. The molecule has 134 valence electrons. The molecule has 5 heteroatoms. The van der Waals surface area contributed by atoms with Gasteiger partial charge in [0.2, 0.25) is 5.95 Å². The Morgan fingerprint density at radius 2 is 1.69 bits per heavy atom. The van der Waals surface area contributed by atoms with Gasteiger partial charge in [-0.05, 0) is 43.5 Å². The van der Waals surface area contributed by atoms with Gasteiger partial charge in [0.1, 0.15) is 5.82 Å². The van der Waals surface area contributed by atoms with Crippen LogP contribution in [0.1, 0.15) is 22.4 Å². The molecule has 0 aliphatic rings. The summed E-state index contributed by atoms with van der Waals surface area (Å²) < 4.78 is 0. The predicted molar refractivity (Wildman–Crippen MR) is 109 cm³/mol. The molecule has 0 bridgehead atoms.